The van der Waals surface area contributed by atoms with E-state index in [2.05, 4.69) is 0 Å². The van der Waals surface area contributed by atoms with Gasteiger partial charge in [0.15, 0.2) is 12.4 Å². The fourth-order valence-corrected chi connectivity index (χ4v) is 2.71. The van der Waals surface area contributed by atoms with E-state index in [4.69, 9.17) is 0 Å². The van der Waals surface area contributed by atoms with Crippen molar-refractivity contribution in [1.29, 1.82) is 0 Å². The van der Waals surface area contributed by atoms with Gasteiger partial charge in [-0.05, 0) is 29.7 Å². The number of non-ortho nitro benzene ring substituents is 2. The van der Waals surface area contributed by atoms with Gasteiger partial charge in [-0.1, -0.05) is 12.1 Å². The van der Waals surface area contributed by atoms with Crippen molar-refractivity contribution in [2.24, 2.45) is 0 Å². The van der Waals surface area contributed by atoms with Crippen LogP contribution in [0.5, 0.6) is 0 Å². The van der Waals surface area contributed by atoms with Gasteiger partial charge in [-0.25, -0.2) is 0 Å². The molecule has 3 aromatic rings. The lowest BCUT2D eigenvalue weighted by atomic mass is 10.1. The predicted molar refractivity (Wildman–Crippen MR) is 100.0 cm³/mol. The van der Waals surface area contributed by atoms with Crippen LogP contribution in [0.15, 0.2) is 73.1 Å². The fraction of sp³-hybridized carbons (Fsp3) is 0.100. The first-order valence-electron chi connectivity index (χ1n) is 8.41. The molecule has 0 bridgehead atoms. The number of carbonyl (C=O) groups excluding carboxylic acids is 1. The molecular weight excluding hydrogens is 442 g/mol. The summed E-state index contributed by atoms with van der Waals surface area (Å²) in [6.45, 7) is 0.121. The molecular formula is C20H16BrN3O5. The number of ketones is 1. The minimum atomic E-state index is -0.507. The number of nitro groups is 2. The van der Waals surface area contributed by atoms with Crippen molar-refractivity contribution in [2.45, 2.75) is 13.0 Å². The van der Waals surface area contributed by atoms with E-state index in [0.29, 0.717) is 12.0 Å². The van der Waals surface area contributed by atoms with Crippen LogP contribution in [0.3, 0.4) is 0 Å². The third kappa shape index (κ3) is 5.76. The third-order valence-corrected chi connectivity index (χ3v) is 4.24. The van der Waals surface area contributed by atoms with Crippen LogP contribution in [-0.2, 0) is 13.0 Å². The molecule has 0 unspecified atom stereocenters. The van der Waals surface area contributed by atoms with E-state index >= 15 is 0 Å². The normalized spacial score (nSPS) is 10.1. The molecule has 29 heavy (non-hydrogen) atoms. The summed E-state index contributed by atoms with van der Waals surface area (Å²) in [7, 11) is 0. The van der Waals surface area contributed by atoms with E-state index in [1.54, 1.807) is 29.1 Å². The highest BCUT2D eigenvalue weighted by Gasteiger charge is 2.14. The number of nitrogens with zero attached hydrogens (tertiary/aromatic N) is 3. The number of hydrogen-bond acceptors (Lipinski definition) is 5. The first-order valence-corrected chi connectivity index (χ1v) is 8.41. The van der Waals surface area contributed by atoms with Gasteiger partial charge in [0.1, 0.15) is 0 Å². The summed E-state index contributed by atoms with van der Waals surface area (Å²) in [5.74, 6) is -0.150. The number of carbonyl (C=O) groups is 1. The Kier molecular flexibility index (Phi) is 7.27. The van der Waals surface area contributed by atoms with Gasteiger partial charge in [0.25, 0.3) is 11.4 Å². The second kappa shape index (κ2) is 9.65. The lowest BCUT2D eigenvalue weighted by molar-refractivity contribution is -0.683. The van der Waals surface area contributed by atoms with Gasteiger partial charge < -0.3 is 17.0 Å². The molecule has 9 heteroatoms. The molecule has 2 aromatic carbocycles. The van der Waals surface area contributed by atoms with Crippen molar-refractivity contribution < 1.29 is 36.2 Å². The van der Waals surface area contributed by atoms with E-state index in [-0.39, 0.29) is 40.7 Å². The minimum absolute atomic E-state index is 0. The number of hydrogen-bond donors (Lipinski definition) is 0. The predicted octanol–water partition coefficient (Wildman–Crippen LogP) is 0.268. The van der Waals surface area contributed by atoms with Crippen LogP contribution in [0.25, 0.3) is 0 Å². The zero-order valence-electron chi connectivity index (χ0n) is 15.1. The molecule has 1 aromatic heterocycles. The second-order valence-electron chi connectivity index (χ2n) is 6.21. The maximum absolute atomic E-state index is 12.3. The monoisotopic (exact) mass is 457 g/mol. The molecule has 148 valence electrons. The van der Waals surface area contributed by atoms with Gasteiger partial charge in [-0.15, -0.1) is 0 Å². The molecule has 0 atom stereocenters. The molecule has 0 amide bonds. The van der Waals surface area contributed by atoms with Crippen LogP contribution in [0.4, 0.5) is 11.4 Å². The summed E-state index contributed by atoms with van der Waals surface area (Å²) in [5.41, 5.74) is 2.37. The second-order valence-corrected chi connectivity index (χ2v) is 6.21. The average Bonchev–Trinajstić information content (AvgIpc) is 2.70. The molecule has 0 aliphatic heterocycles. The maximum Gasteiger partial charge on any atom is 0.269 e. The van der Waals surface area contributed by atoms with Gasteiger partial charge in [0, 0.05) is 42.0 Å². The molecule has 0 aliphatic carbocycles. The lowest BCUT2D eigenvalue weighted by Gasteiger charge is -2.02. The average molecular weight is 458 g/mol. The number of Topliss-reactive ketones (excluding diaryl/α,β-unsaturated/α-hetero) is 1. The SMILES string of the molecule is O=C(C[n+]1ccc(Cc2ccc([N+](=O)[O-])cc2)cc1)c1ccc([N+](=O)[O-])cc1.[Br-]. The zero-order chi connectivity index (χ0) is 20.1. The Morgan fingerprint density at radius 1 is 0.759 bits per heavy atom. The zero-order valence-corrected chi connectivity index (χ0v) is 16.7. The van der Waals surface area contributed by atoms with Crippen molar-refractivity contribution >= 4 is 17.2 Å². The highest BCUT2D eigenvalue weighted by atomic mass is 79.9. The number of nitro benzene ring substituents is 2. The van der Waals surface area contributed by atoms with Crippen LogP contribution in [-0.4, -0.2) is 15.6 Å². The molecule has 1 heterocycles. The summed E-state index contributed by atoms with van der Waals surface area (Å²) in [4.78, 5) is 32.7. The molecule has 8 nitrogen and oxygen atoms in total. The molecule has 0 saturated carbocycles. The third-order valence-electron chi connectivity index (χ3n) is 4.24. The molecule has 3 rings (SSSR count). The van der Waals surface area contributed by atoms with Crippen molar-refractivity contribution in [2.75, 3.05) is 0 Å². The standard InChI is InChI=1S/C20H16N3O5.BrH/c24-20(17-3-7-19(8-4-17)23(27)28)14-21-11-9-16(10-12-21)13-15-1-5-18(6-2-15)22(25)26;/h1-12H,13-14H2;1H/q+1;/p-1. The Bertz CT molecular complexity index is 1020. The van der Waals surface area contributed by atoms with E-state index in [0.717, 1.165) is 11.1 Å². The summed E-state index contributed by atoms with van der Waals surface area (Å²) >= 11 is 0. The molecule has 0 saturated heterocycles. The van der Waals surface area contributed by atoms with Crippen LogP contribution in [0.2, 0.25) is 0 Å². The van der Waals surface area contributed by atoms with Gasteiger partial charge in [-0.3, -0.25) is 25.0 Å². The summed E-state index contributed by atoms with van der Waals surface area (Å²) in [5, 5.41) is 21.4. The Hall–Kier alpha value is -3.46. The quantitative estimate of drug-likeness (QED) is 0.219. The van der Waals surface area contributed by atoms with Gasteiger partial charge in [-0.2, -0.15) is 4.57 Å². The summed E-state index contributed by atoms with van der Waals surface area (Å²) < 4.78 is 1.73. The van der Waals surface area contributed by atoms with Gasteiger partial charge >= 0.3 is 0 Å². The number of benzene rings is 2. The molecule has 0 spiro atoms. The van der Waals surface area contributed by atoms with E-state index in [1.165, 1.54) is 36.4 Å². The molecule has 0 radical (unpaired) electrons. The fourth-order valence-electron chi connectivity index (χ4n) is 2.71. The Balaban J connectivity index is 0.00000300. The van der Waals surface area contributed by atoms with Crippen molar-refractivity contribution in [3.63, 3.8) is 0 Å². The topological polar surface area (TPSA) is 107 Å². The van der Waals surface area contributed by atoms with E-state index in [9.17, 15) is 25.0 Å². The summed E-state index contributed by atoms with van der Waals surface area (Å²) in [6.07, 6.45) is 4.18. The van der Waals surface area contributed by atoms with E-state index < -0.39 is 9.85 Å². The Morgan fingerprint density at radius 2 is 1.21 bits per heavy atom. The lowest BCUT2D eigenvalue weighted by Crippen LogP contribution is -3.00. The van der Waals surface area contributed by atoms with Crippen molar-refractivity contribution in [3.8, 4) is 0 Å². The van der Waals surface area contributed by atoms with Crippen molar-refractivity contribution in [3.05, 3.63) is 110 Å². The smallest absolute Gasteiger partial charge is 0.269 e. The Labute approximate surface area is 176 Å². The number of pyridine rings is 1. The molecule has 0 fully saturated rings. The first-order chi connectivity index (χ1) is 13.4. The minimum Gasteiger partial charge on any atom is -1.00 e. The number of halogens is 1. The van der Waals surface area contributed by atoms with Crippen LogP contribution < -0.4 is 21.5 Å². The highest BCUT2D eigenvalue weighted by molar-refractivity contribution is 5.95. The molecule has 0 N–H and O–H groups in total. The number of rotatable bonds is 7. The molecule has 0 aliphatic rings. The number of aromatic nitrogens is 1. The highest BCUT2D eigenvalue weighted by Crippen LogP contribution is 2.15. The van der Waals surface area contributed by atoms with Gasteiger partial charge in [0.05, 0.1) is 9.85 Å². The van der Waals surface area contributed by atoms with Crippen LogP contribution in [0, 0.1) is 20.2 Å². The Morgan fingerprint density at radius 3 is 1.69 bits per heavy atom. The van der Waals surface area contributed by atoms with E-state index in [1.807, 2.05) is 12.1 Å². The maximum atomic E-state index is 12.3. The first kappa shape index (κ1) is 21.8. The van der Waals surface area contributed by atoms with Crippen LogP contribution in [0.1, 0.15) is 21.5 Å². The largest absolute Gasteiger partial charge is 1.00 e. The van der Waals surface area contributed by atoms with Crippen LogP contribution >= 0.6 is 0 Å². The van der Waals surface area contributed by atoms with Crippen molar-refractivity contribution in [1.82, 2.24) is 0 Å². The summed E-state index contributed by atoms with van der Waals surface area (Å²) in [6, 6.07) is 15.7. The van der Waals surface area contributed by atoms with Gasteiger partial charge in [0.2, 0.25) is 12.3 Å².